The van der Waals surface area contributed by atoms with Crippen molar-refractivity contribution >= 4 is 23.3 Å². The molecule has 0 unspecified atom stereocenters. The lowest BCUT2D eigenvalue weighted by atomic mass is 10.2. The molecule has 142 valence electrons. The second kappa shape index (κ2) is 8.73. The highest BCUT2D eigenvalue weighted by atomic mass is 16.5. The molecule has 1 aromatic carbocycles. The standard InChI is InChI=1S/C18H20N4O5/c1-11(23)21-13-4-5-15(27-7-6-25-2)14(8-13)22-10-12(9-19)16(20)17(22)18(24)26-3/h4-5,8,10H,6-7,20H2,1-3H3,(H,21,23). The maximum atomic E-state index is 12.2. The Hall–Kier alpha value is -3.51. The SMILES string of the molecule is COCCOc1ccc(NC(C)=O)cc1-n1cc(C#N)c(N)c1C(=O)OC. The molecule has 1 heterocycles. The largest absolute Gasteiger partial charge is 0.489 e. The van der Waals surface area contributed by atoms with Crippen LogP contribution in [0.15, 0.2) is 24.4 Å². The summed E-state index contributed by atoms with van der Waals surface area (Å²) in [5.74, 6) is -0.556. The summed E-state index contributed by atoms with van der Waals surface area (Å²) in [7, 11) is 2.76. The van der Waals surface area contributed by atoms with Crippen molar-refractivity contribution in [1.82, 2.24) is 4.57 Å². The average Bonchev–Trinajstić information content (AvgIpc) is 2.98. The van der Waals surface area contributed by atoms with E-state index in [4.69, 9.17) is 19.9 Å². The number of aromatic nitrogens is 1. The van der Waals surface area contributed by atoms with Crippen molar-refractivity contribution in [1.29, 1.82) is 5.26 Å². The topological polar surface area (TPSA) is 129 Å². The number of rotatable bonds is 7. The number of methoxy groups -OCH3 is 2. The van der Waals surface area contributed by atoms with Crippen molar-refractivity contribution in [2.75, 3.05) is 38.5 Å². The van der Waals surface area contributed by atoms with Gasteiger partial charge in [-0.2, -0.15) is 5.26 Å². The zero-order chi connectivity index (χ0) is 20.0. The van der Waals surface area contributed by atoms with E-state index in [-0.39, 0.29) is 29.5 Å². The zero-order valence-corrected chi connectivity index (χ0v) is 15.2. The molecule has 1 aromatic heterocycles. The molecule has 0 atom stereocenters. The number of nitriles is 1. The van der Waals surface area contributed by atoms with Crippen LogP contribution in [-0.2, 0) is 14.3 Å². The molecule has 0 spiro atoms. The summed E-state index contributed by atoms with van der Waals surface area (Å²) < 4.78 is 16.9. The summed E-state index contributed by atoms with van der Waals surface area (Å²) in [6.45, 7) is 2.00. The van der Waals surface area contributed by atoms with E-state index >= 15 is 0 Å². The number of carbonyl (C=O) groups is 2. The van der Waals surface area contributed by atoms with Crippen molar-refractivity contribution in [3.05, 3.63) is 35.7 Å². The predicted octanol–water partition coefficient (Wildman–Crippen LogP) is 1.70. The molecule has 2 aromatic rings. The van der Waals surface area contributed by atoms with Gasteiger partial charge in [-0.1, -0.05) is 0 Å². The molecule has 0 fully saturated rings. The van der Waals surface area contributed by atoms with E-state index in [1.807, 2.05) is 6.07 Å². The fourth-order valence-corrected chi connectivity index (χ4v) is 2.45. The van der Waals surface area contributed by atoms with Gasteiger partial charge in [-0.15, -0.1) is 0 Å². The van der Waals surface area contributed by atoms with Crippen LogP contribution < -0.4 is 15.8 Å². The Morgan fingerprint density at radius 3 is 2.63 bits per heavy atom. The second-order valence-corrected chi connectivity index (χ2v) is 5.48. The van der Waals surface area contributed by atoms with Crippen LogP contribution >= 0.6 is 0 Å². The Morgan fingerprint density at radius 1 is 1.30 bits per heavy atom. The third kappa shape index (κ3) is 4.37. The van der Waals surface area contributed by atoms with E-state index < -0.39 is 5.97 Å². The molecule has 3 N–H and O–H groups in total. The highest BCUT2D eigenvalue weighted by Gasteiger charge is 2.23. The predicted molar refractivity (Wildman–Crippen MR) is 97.9 cm³/mol. The first-order valence-corrected chi connectivity index (χ1v) is 7.95. The van der Waals surface area contributed by atoms with Crippen LogP contribution in [0.3, 0.4) is 0 Å². The quantitative estimate of drug-likeness (QED) is 0.559. The van der Waals surface area contributed by atoms with Crippen LogP contribution in [0.1, 0.15) is 23.0 Å². The maximum Gasteiger partial charge on any atom is 0.357 e. The number of nitrogen functional groups attached to an aromatic ring is 1. The summed E-state index contributed by atoms with van der Waals surface area (Å²) in [4.78, 5) is 23.6. The van der Waals surface area contributed by atoms with Crippen molar-refractivity contribution < 1.29 is 23.8 Å². The van der Waals surface area contributed by atoms with Crippen LogP contribution in [0.25, 0.3) is 5.69 Å². The number of esters is 1. The maximum absolute atomic E-state index is 12.2. The zero-order valence-electron chi connectivity index (χ0n) is 15.2. The second-order valence-electron chi connectivity index (χ2n) is 5.48. The number of nitrogens with zero attached hydrogens (tertiary/aromatic N) is 2. The van der Waals surface area contributed by atoms with Gasteiger partial charge in [0.15, 0.2) is 5.69 Å². The molecule has 27 heavy (non-hydrogen) atoms. The van der Waals surface area contributed by atoms with E-state index in [9.17, 15) is 14.9 Å². The first-order chi connectivity index (χ1) is 12.9. The molecular formula is C18H20N4O5. The van der Waals surface area contributed by atoms with Crippen molar-refractivity contribution in [2.24, 2.45) is 0 Å². The van der Waals surface area contributed by atoms with Crippen LogP contribution in [0, 0.1) is 11.3 Å². The number of benzene rings is 1. The highest BCUT2D eigenvalue weighted by molar-refractivity contribution is 5.96. The Morgan fingerprint density at radius 2 is 2.04 bits per heavy atom. The number of carbonyl (C=O) groups excluding carboxylic acids is 2. The number of ether oxygens (including phenoxy) is 3. The first-order valence-electron chi connectivity index (χ1n) is 7.95. The van der Waals surface area contributed by atoms with Gasteiger partial charge in [0.2, 0.25) is 5.91 Å². The molecule has 2 rings (SSSR count). The number of anilines is 2. The third-order valence-corrected chi connectivity index (χ3v) is 3.63. The molecule has 0 bridgehead atoms. The van der Waals surface area contributed by atoms with E-state index in [2.05, 4.69) is 5.32 Å². The van der Waals surface area contributed by atoms with Gasteiger partial charge in [0.1, 0.15) is 18.4 Å². The van der Waals surface area contributed by atoms with E-state index in [0.717, 1.165) is 0 Å². The van der Waals surface area contributed by atoms with Gasteiger partial charge in [0.25, 0.3) is 0 Å². The van der Waals surface area contributed by atoms with Gasteiger partial charge >= 0.3 is 5.97 Å². The van der Waals surface area contributed by atoms with Crippen LogP contribution in [0.4, 0.5) is 11.4 Å². The Kier molecular flexibility index (Phi) is 6.41. The molecular weight excluding hydrogens is 352 g/mol. The van der Waals surface area contributed by atoms with Crippen LogP contribution in [-0.4, -0.2) is 43.9 Å². The summed E-state index contributed by atoms with van der Waals surface area (Å²) in [5.41, 5.74) is 6.94. The van der Waals surface area contributed by atoms with Gasteiger partial charge in [0.05, 0.1) is 30.7 Å². The molecule has 0 saturated heterocycles. The molecule has 0 aliphatic carbocycles. The lowest BCUT2D eigenvalue weighted by Gasteiger charge is -2.16. The van der Waals surface area contributed by atoms with E-state index in [0.29, 0.717) is 23.7 Å². The van der Waals surface area contributed by atoms with Crippen molar-refractivity contribution in [2.45, 2.75) is 6.92 Å². The summed E-state index contributed by atoms with van der Waals surface area (Å²) >= 11 is 0. The molecule has 0 aliphatic rings. The Balaban J connectivity index is 2.65. The van der Waals surface area contributed by atoms with Crippen LogP contribution in [0.2, 0.25) is 0 Å². The Labute approximate surface area is 156 Å². The molecule has 0 aliphatic heterocycles. The molecule has 9 nitrogen and oxygen atoms in total. The monoisotopic (exact) mass is 372 g/mol. The van der Waals surface area contributed by atoms with Gasteiger partial charge in [-0.25, -0.2) is 4.79 Å². The lowest BCUT2D eigenvalue weighted by Crippen LogP contribution is -2.14. The minimum Gasteiger partial charge on any atom is -0.489 e. The van der Waals surface area contributed by atoms with Gasteiger partial charge in [-0.3, -0.25) is 4.79 Å². The molecule has 1 amide bonds. The number of hydrogen-bond acceptors (Lipinski definition) is 7. The molecule has 0 radical (unpaired) electrons. The number of nitrogens with one attached hydrogen (secondary N) is 1. The third-order valence-electron chi connectivity index (χ3n) is 3.63. The smallest absolute Gasteiger partial charge is 0.357 e. The first kappa shape index (κ1) is 19.8. The summed E-state index contributed by atoms with van der Waals surface area (Å²) in [6, 6.07) is 6.84. The van der Waals surface area contributed by atoms with E-state index in [1.54, 1.807) is 25.3 Å². The van der Waals surface area contributed by atoms with Gasteiger partial charge < -0.3 is 29.8 Å². The van der Waals surface area contributed by atoms with Crippen molar-refractivity contribution in [3.8, 4) is 17.5 Å². The highest BCUT2D eigenvalue weighted by Crippen LogP contribution is 2.32. The summed E-state index contributed by atoms with van der Waals surface area (Å²) in [5, 5.41) is 11.9. The van der Waals surface area contributed by atoms with Gasteiger partial charge in [0, 0.05) is 25.9 Å². The minimum atomic E-state index is -0.707. The fourth-order valence-electron chi connectivity index (χ4n) is 2.45. The molecule has 9 heteroatoms. The Bertz CT molecular complexity index is 898. The molecule has 0 saturated carbocycles. The summed E-state index contributed by atoms with van der Waals surface area (Å²) in [6.07, 6.45) is 1.41. The van der Waals surface area contributed by atoms with Crippen LogP contribution in [0.5, 0.6) is 5.75 Å². The number of hydrogen-bond donors (Lipinski definition) is 2. The normalized spacial score (nSPS) is 10.1. The average molecular weight is 372 g/mol. The lowest BCUT2D eigenvalue weighted by molar-refractivity contribution is -0.114. The van der Waals surface area contributed by atoms with E-state index in [1.165, 1.54) is 24.8 Å². The number of amides is 1. The minimum absolute atomic E-state index is 0.00267. The van der Waals surface area contributed by atoms with Crippen molar-refractivity contribution in [3.63, 3.8) is 0 Å². The van der Waals surface area contributed by atoms with Gasteiger partial charge in [-0.05, 0) is 18.2 Å². The number of nitrogens with two attached hydrogens (primary N) is 1. The fraction of sp³-hybridized carbons (Fsp3) is 0.278.